The Morgan fingerprint density at radius 2 is 1.90 bits per heavy atom. The summed E-state index contributed by atoms with van der Waals surface area (Å²) < 4.78 is 0. The third-order valence-corrected chi connectivity index (χ3v) is 2.61. The highest BCUT2D eigenvalue weighted by atomic mass is 35.5. The van der Waals surface area contributed by atoms with Crippen molar-refractivity contribution >= 4 is 41.1 Å². The van der Waals surface area contributed by atoms with Gasteiger partial charge in [0.1, 0.15) is 12.2 Å². The lowest BCUT2D eigenvalue weighted by atomic mass is 10.2. The first-order chi connectivity index (χ1) is 8.99. The molecule has 1 heterocycles. The molecule has 0 aliphatic heterocycles. The summed E-state index contributed by atoms with van der Waals surface area (Å²) in [5.74, 6) is -1.83. The van der Waals surface area contributed by atoms with E-state index in [1.165, 1.54) is 0 Å². The molecule has 8 heteroatoms. The summed E-state index contributed by atoms with van der Waals surface area (Å²) >= 11 is 0. The summed E-state index contributed by atoms with van der Waals surface area (Å²) in [6.07, 6.45) is 0. The smallest absolute Gasteiger partial charge is 0.277 e. The van der Waals surface area contributed by atoms with Gasteiger partial charge in [-0.3, -0.25) is 19.9 Å². The van der Waals surface area contributed by atoms with E-state index in [1.807, 2.05) is 24.3 Å². The number of carbonyl (C=O) groups is 2. The molecule has 7 nitrogen and oxygen atoms in total. The highest BCUT2D eigenvalue weighted by molar-refractivity contribution is 6.07. The Labute approximate surface area is 120 Å². The number of guanidine groups is 1. The molecule has 0 bridgehead atoms. The first-order valence-electron chi connectivity index (χ1n) is 5.51. The van der Waals surface area contributed by atoms with Crippen molar-refractivity contribution in [3.05, 3.63) is 36.0 Å². The minimum absolute atomic E-state index is 0. The van der Waals surface area contributed by atoms with Crippen LogP contribution in [0.15, 0.2) is 30.3 Å². The van der Waals surface area contributed by atoms with E-state index in [-0.39, 0.29) is 18.1 Å². The molecule has 2 rings (SSSR count). The van der Waals surface area contributed by atoms with Crippen molar-refractivity contribution < 1.29 is 9.59 Å². The molecule has 0 fully saturated rings. The summed E-state index contributed by atoms with van der Waals surface area (Å²) in [7, 11) is 0. The van der Waals surface area contributed by atoms with Crippen LogP contribution in [0.5, 0.6) is 0 Å². The first kappa shape index (κ1) is 15.5. The fourth-order valence-corrected chi connectivity index (χ4v) is 1.76. The lowest BCUT2D eigenvalue weighted by Gasteiger charge is -2.17. The number of para-hydroxylation sites is 1. The van der Waals surface area contributed by atoms with Crippen molar-refractivity contribution in [3.8, 4) is 0 Å². The fourth-order valence-electron chi connectivity index (χ4n) is 1.76. The number of hydrogen-bond acceptors (Lipinski definition) is 3. The standard InChI is InChI=1S/C12H13N5O2.ClH/c13-10(18)6-17(12(14)15)11(19)9-5-7-3-1-2-4-8(7)16-9;/h1-5,16H,6H2,(H2,13,18)(H3,14,15);1H. The predicted molar refractivity (Wildman–Crippen MR) is 77.7 cm³/mol. The number of rotatable bonds is 3. The van der Waals surface area contributed by atoms with Crippen molar-refractivity contribution in [3.63, 3.8) is 0 Å². The van der Waals surface area contributed by atoms with Crippen LogP contribution in [0.1, 0.15) is 10.5 Å². The fraction of sp³-hybridized carbons (Fsp3) is 0.0833. The van der Waals surface area contributed by atoms with Crippen LogP contribution in [-0.4, -0.2) is 34.2 Å². The summed E-state index contributed by atoms with van der Waals surface area (Å²) in [5, 5.41) is 8.18. The molecule has 0 radical (unpaired) electrons. The summed E-state index contributed by atoms with van der Waals surface area (Å²) in [5.41, 5.74) is 11.3. The molecule has 20 heavy (non-hydrogen) atoms. The van der Waals surface area contributed by atoms with Gasteiger partial charge >= 0.3 is 0 Å². The van der Waals surface area contributed by atoms with Crippen molar-refractivity contribution in [1.29, 1.82) is 5.41 Å². The molecule has 0 saturated carbocycles. The van der Waals surface area contributed by atoms with Crippen molar-refractivity contribution in [2.45, 2.75) is 0 Å². The van der Waals surface area contributed by atoms with Gasteiger partial charge in [0.05, 0.1) is 0 Å². The largest absolute Gasteiger partial charge is 0.370 e. The van der Waals surface area contributed by atoms with E-state index in [4.69, 9.17) is 16.9 Å². The summed E-state index contributed by atoms with van der Waals surface area (Å²) in [6.45, 7) is -0.427. The lowest BCUT2D eigenvalue weighted by Crippen LogP contribution is -2.46. The van der Waals surface area contributed by atoms with E-state index >= 15 is 0 Å². The molecule has 0 saturated heterocycles. The molecular formula is C12H14ClN5O2. The quantitative estimate of drug-likeness (QED) is 0.483. The number of amides is 2. The highest BCUT2D eigenvalue weighted by Gasteiger charge is 2.21. The monoisotopic (exact) mass is 295 g/mol. The number of fused-ring (bicyclic) bond motifs is 1. The van der Waals surface area contributed by atoms with Crippen LogP contribution in [0.25, 0.3) is 10.9 Å². The van der Waals surface area contributed by atoms with E-state index < -0.39 is 24.3 Å². The Balaban J connectivity index is 0.00000200. The number of aromatic nitrogens is 1. The van der Waals surface area contributed by atoms with Gasteiger partial charge in [-0.05, 0) is 12.1 Å². The van der Waals surface area contributed by atoms with Crippen LogP contribution in [0.3, 0.4) is 0 Å². The Kier molecular flexibility index (Phi) is 4.71. The average molecular weight is 296 g/mol. The number of nitrogens with zero attached hydrogens (tertiary/aromatic N) is 1. The van der Waals surface area contributed by atoms with E-state index in [9.17, 15) is 9.59 Å². The van der Waals surface area contributed by atoms with Gasteiger partial charge in [0.15, 0.2) is 5.96 Å². The molecule has 0 spiro atoms. The van der Waals surface area contributed by atoms with Gasteiger partial charge in [0.25, 0.3) is 5.91 Å². The minimum atomic E-state index is -0.736. The molecule has 0 aliphatic rings. The van der Waals surface area contributed by atoms with Gasteiger partial charge in [-0.15, -0.1) is 12.4 Å². The number of halogens is 1. The SMILES string of the molecule is Cl.N=C(N)N(CC(N)=O)C(=O)c1cc2ccccc2[nH]1. The zero-order valence-electron chi connectivity index (χ0n) is 10.4. The summed E-state index contributed by atoms with van der Waals surface area (Å²) in [4.78, 5) is 26.8. The number of nitrogens with two attached hydrogens (primary N) is 2. The van der Waals surface area contributed by atoms with E-state index in [1.54, 1.807) is 6.07 Å². The van der Waals surface area contributed by atoms with Gasteiger partial charge in [-0.25, -0.2) is 0 Å². The number of H-pyrrole nitrogens is 1. The molecule has 2 amide bonds. The molecule has 6 N–H and O–H groups in total. The molecule has 0 atom stereocenters. The second-order valence-corrected chi connectivity index (χ2v) is 4.01. The van der Waals surface area contributed by atoms with Crippen LogP contribution in [-0.2, 0) is 4.79 Å². The Morgan fingerprint density at radius 3 is 2.45 bits per heavy atom. The molecule has 2 aromatic rings. The van der Waals surface area contributed by atoms with Crippen LogP contribution >= 0.6 is 12.4 Å². The molecule has 0 unspecified atom stereocenters. The number of hydrogen-bond donors (Lipinski definition) is 4. The van der Waals surface area contributed by atoms with Gasteiger partial charge < -0.3 is 16.5 Å². The average Bonchev–Trinajstić information content (AvgIpc) is 2.78. The lowest BCUT2D eigenvalue weighted by molar-refractivity contribution is -0.118. The van der Waals surface area contributed by atoms with Gasteiger partial charge in [-0.2, -0.15) is 0 Å². The number of aromatic amines is 1. The zero-order chi connectivity index (χ0) is 14.0. The number of primary amides is 1. The van der Waals surface area contributed by atoms with E-state index in [0.717, 1.165) is 15.8 Å². The molecule has 1 aromatic heterocycles. The number of benzene rings is 1. The maximum atomic E-state index is 12.2. The van der Waals surface area contributed by atoms with Crippen molar-refractivity contribution in [2.24, 2.45) is 11.5 Å². The highest BCUT2D eigenvalue weighted by Crippen LogP contribution is 2.15. The molecule has 106 valence electrons. The van der Waals surface area contributed by atoms with Gasteiger partial charge in [-0.1, -0.05) is 18.2 Å². The van der Waals surface area contributed by atoms with Crippen LogP contribution in [0.2, 0.25) is 0 Å². The van der Waals surface area contributed by atoms with Crippen molar-refractivity contribution in [2.75, 3.05) is 6.54 Å². The molecule has 1 aromatic carbocycles. The third-order valence-electron chi connectivity index (χ3n) is 2.61. The first-order valence-corrected chi connectivity index (χ1v) is 5.51. The number of nitrogens with one attached hydrogen (secondary N) is 2. The van der Waals surface area contributed by atoms with E-state index in [0.29, 0.717) is 0 Å². The molecule has 0 aliphatic carbocycles. The minimum Gasteiger partial charge on any atom is -0.370 e. The Hall–Kier alpha value is -2.54. The van der Waals surface area contributed by atoms with Crippen LogP contribution in [0.4, 0.5) is 0 Å². The second kappa shape index (κ2) is 6.07. The Bertz CT molecular complexity index is 634. The molecular weight excluding hydrogens is 282 g/mol. The zero-order valence-corrected chi connectivity index (χ0v) is 11.2. The van der Waals surface area contributed by atoms with Gasteiger partial charge in [0.2, 0.25) is 5.91 Å². The second-order valence-electron chi connectivity index (χ2n) is 4.01. The number of carbonyl (C=O) groups excluding carboxylic acids is 2. The predicted octanol–water partition coefficient (Wildman–Crippen LogP) is 0.411. The van der Waals surface area contributed by atoms with Gasteiger partial charge in [0, 0.05) is 10.9 Å². The van der Waals surface area contributed by atoms with Crippen LogP contribution in [0, 0.1) is 5.41 Å². The third kappa shape index (κ3) is 3.07. The normalized spacial score (nSPS) is 9.80. The van der Waals surface area contributed by atoms with Crippen molar-refractivity contribution in [1.82, 2.24) is 9.88 Å². The topological polar surface area (TPSA) is 129 Å². The van der Waals surface area contributed by atoms with E-state index in [2.05, 4.69) is 4.98 Å². The summed E-state index contributed by atoms with van der Waals surface area (Å²) in [6, 6.07) is 8.97. The van der Waals surface area contributed by atoms with Crippen LogP contribution < -0.4 is 11.5 Å². The Morgan fingerprint density at radius 1 is 1.25 bits per heavy atom. The maximum absolute atomic E-state index is 12.2. The maximum Gasteiger partial charge on any atom is 0.277 e.